The van der Waals surface area contributed by atoms with Gasteiger partial charge in [-0.1, -0.05) is 6.07 Å². The number of hydrogen-bond acceptors (Lipinski definition) is 4. The first-order valence-electron chi connectivity index (χ1n) is 4.16. The summed E-state index contributed by atoms with van der Waals surface area (Å²) in [4.78, 5) is 0. The molecule has 70 valence electrons. The standard InChI is InChI=1S/C9H12N2O2/c10-7-2-1-3-8(9(7)11)13-5-6-4-12-6/h1-3,6H,4-5,10-11H2/t6-/m0/s1. The molecule has 4 heteroatoms. The molecular formula is C9H12N2O2. The molecule has 1 atom stereocenters. The van der Waals surface area contributed by atoms with E-state index in [1.54, 1.807) is 12.1 Å². The Kier molecular flexibility index (Phi) is 1.98. The number of nitrogens with two attached hydrogens (primary N) is 2. The van der Waals surface area contributed by atoms with E-state index >= 15 is 0 Å². The normalized spacial score (nSPS) is 19.8. The second-order valence-electron chi connectivity index (χ2n) is 3.03. The van der Waals surface area contributed by atoms with Crippen molar-refractivity contribution >= 4 is 11.4 Å². The predicted octanol–water partition coefficient (Wildman–Crippen LogP) is 0.629. The average Bonchev–Trinajstić information content (AvgIpc) is 2.91. The minimum Gasteiger partial charge on any atom is -0.489 e. The van der Waals surface area contributed by atoms with Gasteiger partial charge in [0.1, 0.15) is 18.5 Å². The van der Waals surface area contributed by atoms with Gasteiger partial charge in [-0.25, -0.2) is 0 Å². The molecule has 1 aliphatic rings. The molecule has 0 amide bonds. The van der Waals surface area contributed by atoms with E-state index < -0.39 is 0 Å². The Hall–Kier alpha value is -1.42. The largest absolute Gasteiger partial charge is 0.489 e. The van der Waals surface area contributed by atoms with Gasteiger partial charge >= 0.3 is 0 Å². The lowest BCUT2D eigenvalue weighted by atomic mass is 10.2. The molecule has 1 saturated heterocycles. The van der Waals surface area contributed by atoms with Crippen molar-refractivity contribution in [3.8, 4) is 5.75 Å². The molecule has 4 nitrogen and oxygen atoms in total. The van der Waals surface area contributed by atoms with Gasteiger partial charge in [-0.2, -0.15) is 0 Å². The molecular weight excluding hydrogens is 168 g/mol. The summed E-state index contributed by atoms with van der Waals surface area (Å²) in [7, 11) is 0. The minimum atomic E-state index is 0.237. The maximum Gasteiger partial charge on any atom is 0.144 e. The van der Waals surface area contributed by atoms with Crippen molar-refractivity contribution in [2.75, 3.05) is 24.7 Å². The Morgan fingerprint density at radius 1 is 1.46 bits per heavy atom. The molecule has 1 fully saturated rings. The first-order valence-corrected chi connectivity index (χ1v) is 4.16. The Morgan fingerprint density at radius 2 is 2.23 bits per heavy atom. The summed E-state index contributed by atoms with van der Waals surface area (Å²) in [5.74, 6) is 0.635. The van der Waals surface area contributed by atoms with Crippen LogP contribution >= 0.6 is 0 Å². The summed E-state index contributed by atoms with van der Waals surface area (Å²) in [6, 6.07) is 5.36. The van der Waals surface area contributed by atoms with Crippen LogP contribution < -0.4 is 16.2 Å². The lowest BCUT2D eigenvalue weighted by Gasteiger charge is -2.08. The molecule has 1 aliphatic heterocycles. The fraction of sp³-hybridized carbons (Fsp3) is 0.333. The molecule has 0 aromatic heterocycles. The Labute approximate surface area is 76.4 Å². The van der Waals surface area contributed by atoms with Crippen LogP contribution in [-0.4, -0.2) is 19.3 Å². The summed E-state index contributed by atoms with van der Waals surface area (Å²) >= 11 is 0. The molecule has 0 spiro atoms. The number of nitrogen functional groups attached to an aromatic ring is 2. The predicted molar refractivity (Wildman–Crippen MR) is 50.5 cm³/mol. The number of anilines is 2. The number of benzene rings is 1. The minimum absolute atomic E-state index is 0.237. The number of hydrogen-bond donors (Lipinski definition) is 2. The molecule has 0 unspecified atom stereocenters. The Bertz CT molecular complexity index is 310. The molecule has 1 heterocycles. The molecule has 1 aromatic carbocycles. The second-order valence-corrected chi connectivity index (χ2v) is 3.03. The van der Waals surface area contributed by atoms with Crippen LogP contribution in [0.5, 0.6) is 5.75 Å². The van der Waals surface area contributed by atoms with Gasteiger partial charge in [0.15, 0.2) is 0 Å². The molecule has 0 saturated carbocycles. The van der Waals surface area contributed by atoms with E-state index in [-0.39, 0.29) is 6.10 Å². The van der Waals surface area contributed by atoms with Crippen LogP contribution in [0, 0.1) is 0 Å². The zero-order chi connectivity index (χ0) is 9.26. The van der Waals surface area contributed by atoms with E-state index in [1.807, 2.05) is 6.07 Å². The summed E-state index contributed by atoms with van der Waals surface area (Å²) in [5, 5.41) is 0. The SMILES string of the molecule is Nc1cccc(OC[C@@H]2CO2)c1N. The number of epoxide rings is 1. The zero-order valence-corrected chi connectivity index (χ0v) is 7.19. The maximum absolute atomic E-state index is 5.70. The lowest BCUT2D eigenvalue weighted by molar-refractivity contribution is 0.264. The highest BCUT2D eigenvalue weighted by Crippen LogP contribution is 2.27. The summed E-state index contributed by atoms with van der Waals surface area (Å²) < 4.78 is 10.4. The van der Waals surface area contributed by atoms with Crippen LogP contribution in [-0.2, 0) is 4.74 Å². The van der Waals surface area contributed by atoms with Gasteiger partial charge in [0.25, 0.3) is 0 Å². The number of para-hydroxylation sites is 1. The first kappa shape index (κ1) is 8.19. The van der Waals surface area contributed by atoms with Crippen LogP contribution in [0.4, 0.5) is 11.4 Å². The third-order valence-corrected chi connectivity index (χ3v) is 1.93. The fourth-order valence-corrected chi connectivity index (χ4v) is 1.03. The van der Waals surface area contributed by atoms with E-state index in [9.17, 15) is 0 Å². The van der Waals surface area contributed by atoms with Gasteiger partial charge in [-0.05, 0) is 12.1 Å². The number of ether oxygens (including phenoxy) is 2. The van der Waals surface area contributed by atoms with Crippen molar-refractivity contribution in [1.29, 1.82) is 0 Å². The molecule has 1 aromatic rings. The van der Waals surface area contributed by atoms with Crippen LogP contribution in [0.3, 0.4) is 0 Å². The summed E-state index contributed by atoms with van der Waals surface area (Å²) in [5.41, 5.74) is 12.4. The molecule has 0 bridgehead atoms. The monoisotopic (exact) mass is 180 g/mol. The van der Waals surface area contributed by atoms with Crippen molar-refractivity contribution in [1.82, 2.24) is 0 Å². The maximum atomic E-state index is 5.70. The van der Waals surface area contributed by atoms with E-state index in [4.69, 9.17) is 20.9 Å². The average molecular weight is 180 g/mol. The Morgan fingerprint density at radius 3 is 2.92 bits per heavy atom. The van der Waals surface area contributed by atoms with Gasteiger partial charge in [0.2, 0.25) is 0 Å². The zero-order valence-electron chi connectivity index (χ0n) is 7.19. The van der Waals surface area contributed by atoms with Gasteiger partial charge < -0.3 is 20.9 Å². The van der Waals surface area contributed by atoms with Crippen molar-refractivity contribution in [2.45, 2.75) is 6.10 Å². The summed E-state index contributed by atoms with van der Waals surface area (Å²) in [6.07, 6.45) is 0.237. The topological polar surface area (TPSA) is 73.8 Å². The van der Waals surface area contributed by atoms with Crippen molar-refractivity contribution in [2.24, 2.45) is 0 Å². The van der Waals surface area contributed by atoms with Gasteiger partial charge in [0.05, 0.1) is 18.0 Å². The highest BCUT2D eigenvalue weighted by Gasteiger charge is 2.23. The van der Waals surface area contributed by atoms with Crippen molar-refractivity contribution in [3.63, 3.8) is 0 Å². The third kappa shape index (κ3) is 1.84. The highest BCUT2D eigenvalue weighted by molar-refractivity contribution is 5.70. The highest BCUT2D eigenvalue weighted by atomic mass is 16.6. The summed E-state index contributed by atoms with van der Waals surface area (Å²) in [6.45, 7) is 1.33. The third-order valence-electron chi connectivity index (χ3n) is 1.93. The first-order chi connectivity index (χ1) is 6.27. The van der Waals surface area contributed by atoms with Crippen LogP contribution in [0.15, 0.2) is 18.2 Å². The van der Waals surface area contributed by atoms with E-state index in [1.165, 1.54) is 0 Å². The van der Waals surface area contributed by atoms with Crippen LogP contribution in [0.2, 0.25) is 0 Å². The quantitative estimate of drug-likeness (QED) is 0.528. The van der Waals surface area contributed by atoms with Gasteiger partial charge in [-0.3, -0.25) is 0 Å². The van der Waals surface area contributed by atoms with Crippen LogP contribution in [0.25, 0.3) is 0 Å². The Balaban J connectivity index is 2.05. The molecule has 0 radical (unpaired) electrons. The molecule has 2 rings (SSSR count). The van der Waals surface area contributed by atoms with Crippen molar-refractivity contribution in [3.05, 3.63) is 18.2 Å². The molecule has 0 aliphatic carbocycles. The van der Waals surface area contributed by atoms with Gasteiger partial charge in [-0.15, -0.1) is 0 Å². The smallest absolute Gasteiger partial charge is 0.144 e. The van der Waals surface area contributed by atoms with E-state index in [0.717, 1.165) is 6.61 Å². The van der Waals surface area contributed by atoms with E-state index in [2.05, 4.69) is 0 Å². The van der Waals surface area contributed by atoms with Crippen molar-refractivity contribution < 1.29 is 9.47 Å². The van der Waals surface area contributed by atoms with E-state index in [0.29, 0.717) is 23.7 Å². The van der Waals surface area contributed by atoms with Crippen LogP contribution in [0.1, 0.15) is 0 Å². The second kappa shape index (κ2) is 3.14. The fourth-order valence-electron chi connectivity index (χ4n) is 1.03. The molecule has 13 heavy (non-hydrogen) atoms. The lowest BCUT2D eigenvalue weighted by Crippen LogP contribution is -2.06. The molecule has 4 N–H and O–H groups in total. The number of rotatable bonds is 3. The van der Waals surface area contributed by atoms with Gasteiger partial charge in [0, 0.05) is 0 Å².